The molecule has 0 fully saturated rings. The number of ether oxygens (including phenoxy) is 3. The highest BCUT2D eigenvalue weighted by atomic mass is 32.2. The van der Waals surface area contributed by atoms with Gasteiger partial charge in [0.25, 0.3) is 0 Å². The van der Waals surface area contributed by atoms with Crippen LogP contribution in [0.25, 0.3) is 0 Å². The summed E-state index contributed by atoms with van der Waals surface area (Å²) in [5.41, 5.74) is 6.12. The quantitative estimate of drug-likeness (QED) is 0.0561. The average molecular weight is 645 g/mol. The highest BCUT2D eigenvalue weighted by Crippen LogP contribution is 2.15. The van der Waals surface area contributed by atoms with Crippen molar-refractivity contribution in [1.29, 1.82) is 0 Å². The fourth-order valence-corrected chi connectivity index (χ4v) is 5.92. The highest BCUT2D eigenvalue weighted by molar-refractivity contribution is 7.99. The number of esters is 2. The number of carbonyl (C=O) groups is 3. The second kappa shape index (κ2) is 31.7. The van der Waals surface area contributed by atoms with Crippen LogP contribution in [0.15, 0.2) is 0 Å². The lowest BCUT2D eigenvalue weighted by Crippen LogP contribution is -2.48. The van der Waals surface area contributed by atoms with Crippen LogP contribution in [0.1, 0.15) is 156 Å². The molecule has 260 valence electrons. The number of carbonyl (C=O) groups excluding carboxylic acids is 3. The molecule has 0 radical (unpaired) electrons. The zero-order valence-corrected chi connectivity index (χ0v) is 29.7. The van der Waals surface area contributed by atoms with Crippen LogP contribution < -0.4 is 11.1 Å². The van der Waals surface area contributed by atoms with E-state index < -0.39 is 12.1 Å². The first-order valence-corrected chi connectivity index (χ1v) is 19.0. The number of amides is 1. The summed E-state index contributed by atoms with van der Waals surface area (Å²) in [4.78, 5) is 37.5. The summed E-state index contributed by atoms with van der Waals surface area (Å²) >= 11 is 1.43. The molecule has 0 saturated heterocycles. The van der Waals surface area contributed by atoms with Crippen molar-refractivity contribution in [1.82, 2.24) is 5.32 Å². The van der Waals surface area contributed by atoms with Crippen molar-refractivity contribution in [3.63, 3.8) is 0 Å². The van der Waals surface area contributed by atoms with Crippen LogP contribution in [-0.4, -0.2) is 67.9 Å². The van der Waals surface area contributed by atoms with Crippen molar-refractivity contribution in [2.75, 3.05) is 31.8 Å². The molecule has 0 aromatic heterocycles. The standard InChI is InChI=1S/C35H68N2O6S/c1-5-8-10-12-14-16-18-20-22-24-33(38)42-27-31(28-44-29-32(36)35(40)37-30(7-3)26-41-4)43-34(39)25-23-21-19-17-15-13-11-9-6-2/h30-32H,5-29,36H2,1-4H3,(H,37,40)/t30?,31-,32+/m1/s1. The Morgan fingerprint density at radius 1 is 0.659 bits per heavy atom. The fourth-order valence-electron chi connectivity index (χ4n) is 4.95. The van der Waals surface area contributed by atoms with Crippen molar-refractivity contribution in [2.24, 2.45) is 5.73 Å². The van der Waals surface area contributed by atoms with E-state index in [1.54, 1.807) is 7.11 Å². The highest BCUT2D eigenvalue weighted by Gasteiger charge is 2.21. The van der Waals surface area contributed by atoms with Crippen molar-refractivity contribution < 1.29 is 28.6 Å². The van der Waals surface area contributed by atoms with Gasteiger partial charge in [-0.05, 0) is 19.3 Å². The maximum atomic E-state index is 12.6. The summed E-state index contributed by atoms with van der Waals surface area (Å²) < 4.78 is 16.4. The Kier molecular flexibility index (Phi) is 30.7. The molecule has 0 bridgehead atoms. The molecule has 0 aliphatic carbocycles. The number of methoxy groups -OCH3 is 1. The van der Waals surface area contributed by atoms with Crippen molar-refractivity contribution >= 4 is 29.6 Å². The Hall–Kier alpha value is -1.32. The Bertz CT molecular complexity index is 696. The number of nitrogens with one attached hydrogen (secondary N) is 1. The monoisotopic (exact) mass is 644 g/mol. The SMILES string of the molecule is CCCCCCCCCCCC(=O)OC[C@H](CSC[C@H](N)C(=O)NC(CC)COC)OC(=O)CCCCCCCCCCC. The summed E-state index contributed by atoms with van der Waals surface area (Å²) in [5, 5.41) is 2.91. The lowest BCUT2D eigenvalue weighted by atomic mass is 10.1. The van der Waals surface area contributed by atoms with Crippen LogP contribution in [0.2, 0.25) is 0 Å². The number of hydrogen-bond acceptors (Lipinski definition) is 8. The molecule has 0 heterocycles. The van der Waals surface area contributed by atoms with Gasteiger partial charge in [0.2, 0.25) is 5.91 Å². The largest absolute Gasteiger partial charge is 0.462 e. The van der Waals surface area contributed by atoms with Crippen LogP contribution in [0.5, 0.6) is 0 Å². The molecule has 1 amide bonds. The minimum atomic E-state index is -0.696. The van der Waals surface area contributed by atoms with Gasteiger partial charge >= 0.3 is 11.9 Å². The number of thioether (sulfide) groups is 1. The summed E-state index contributed by atoms with van der Waals surface area (Å²) in [5.74, 6) is 0.0327. The molecule has 0 aromatic carbocycles. The van der Waals surface area contributed by atoms with E-state index in [1.807, 2.05) is 6.92 Å². The van der Waals surface area contributed by atoms with Gasteiger partial charge in [-0.15, -0.1) is 0 Å². The molecule has 0 aromatic rings. The molecular formula is C35H68N2O6S. The van der Waals surface area contributed by atoms with Gasteiger partial charge in [0.05, 0.1) is 18.7 Å². The first kappa shape index (κ1) is 42.7. The second-order valence-corrected chi connectivity index (χ2v) is 13.2. The van der Waals surface area contributed by atoms with E-state index in [0.717, 1.165) is 44.9 Å². The van der Waals surface area contributed by atoms with Gasteiger partial charge < -0.3 is 25.3 Å². The summed E-state index contributed by atoms with van der Waals surface area (Å²) in [7, 11) is 1.60. The first-order valence-electron chi connectivity index (χ1n) is 17.8. The van der Waals surface area contributed by atoms with Crippen molar-refractivity contribution in [3.05, 3.63) is 0 Å². The van der Waals surface area contributed by atoms with Gasteiger partial charge in [-0.3, -0.25) is 14.4 Å². The van der Waals surface area contributed by atoms with Gasteiger partial charge in [-0.2, -0.15) is 11.8 Å². The van der Waals surface area contributed by atoms with E-state index in [1.165, 1.54) is 88.8 Å². The van der Waals surface area contributed by atoms with Gasteiger partial charge in [-0.25, -0.2) is 0 Å². The van der Waals surface area contributed by atoms with E-state index in [-0.39, 0.29) is 30.5 Å². The fraction of sp³-hybridized carbons (Fsp3) is 0.914. The maximum absolute atomic E-state index is 12.6. The van der Waals surface area contributed by atoms with Gasteiger partial charge in [0.15, 0.2) is 0 Å². The molecule has 0 rings (SSSR count). The third-order valence-corrected chi connectivity index (χ3v) is 9.04. The number of nitrogens with two attached hydrogens (primary N) is 1. The molecule has 3 atom stereocenters. The van der Waals surface area contributed by atoms with E-state index in [4.69, 9.17) is 19.9 Å². The van der Waals surface area contributed by atoms with E-state index in [0.29, 0.717) is 31.0 Å². The third kappa shape index (κ3) is 27.0. The first-order chi connectivity index (χ1) is 21.4. The topological polar surface area (TPSA) is 117 Å². The second-order valence-electron chi connectivity index (χ2n) is 12.2. The zero-order chi connectivity index (χ0) is 32.7. The minimum Gasteiger partial charge on any atom is -0.462 e. The van der Waals surface area contributed by atoms with Gasteiger partial charge in [-0.1, -0.05) is 124 Å². The number of unbranched alkanes of at least 4 members (excludes halogenated alkanes) is 16. The van der Waals surface area contributed by atoms with E-state index >= 15 is 0 Å². The van der Waals surface area contributed by atoms with Gasteiger partial charge in [0.1, 0.15) is 12.7 Å². The summed E-state index contributed by atoms with van der Waals surface area (Å²) in [6.07, 6.45) is 22.2. The summed E-state index contributed by atoms with van der Waals surface area (Å²) in [6.45, 7) is 6.90. The molecule has 0 saturated carbocycles. The van der Waals surface area contributed by atoms with Crippen LogP contribution in [-0.2, 0) is 28.6 Å². The zero-order valence-electron chi connectivity index (χ0n) is 28.8. The van der Waals surface area contributed by atoms with Crippen LogP contribution in [0, 0.1) is 0 Å². The molecule has 0 spiro atoms. The molecule has 0 aliphatic rings. The Labute approximate surface area is 274 Å². The predicted molar refractivity (Wildman–Crippen MR) is 184 cm³/mol. The van der Waals surface area contributed by atoms with Crippen molar-refractivity contribution in [2.45, 2.75) is 174 Å². The van der Waals surface area contributed by atoms with Gasteiger partial charge in [0, 0.05) is 31.5 Å². The molecule has 0 aliphatic heterocycles. The van der Waals surface area contributed by atoms with E-state index in [2.05, 4.69) is 19.2 Å². The van der Waals surface area contributed by atoms with E-state index in [9.17, 15) is 14.4 Å². The third-order valence-electron chi connectivity index (χ3n) is 7.84. The van der Waals surface area contributed by atoms with Crippen LogP contribution >= 0.6 is 11.8 Å². The molecule has 44 heavy (non-hydrogen) atoms. The molecule has 9 heteroatoms. The lowest BCUT2D eigenvalue weighted by Gasteiger charge is -2.20. The molecular weight excluding hydrogens is 576 g/mol. The van der Waals surface area contributed by atoms with Crippen LogP contribution in [0.4, 0.5) is 0 Å². The average Bonchev–Trinajstić information content (AvgIpc) is 3.01. The number of rotatable bonds is 32. The minimum absolute atomic E-state index is 0.0277. The maximum Gasteiger partial charge on any atom is 0.306 e. The number of hydrogen-bond donors (Lipinski definition) is 2. The lowest BCUT2D eigenvalue weighted by molar-refractivity contribution is -0.157. The van der Waals surface area contributed by atoms with Crippen LogP contribution in [0.3, 0.4) is 0 Å². The normalized spacial score (nSPS) is 13.3. The Balaban J connectivity index is 4.53. The smallest absolute Gasteiger partial charge is 0.306 e. The van der Waals surface area contributed by atoms with Crippen molar-refractivity contribution in [3.8, 4) is 0 Å². The Morgan fingerprint density at radius 3 is 1.61 bits per heavy atom. The predicted octanol–water partition coefficient (Wildman–Crippen LogP) is 7.88. The summed E-state index contributed by atoms with van der Waals surface area (Å²) in [6, 6.07) is -0.776. The molecule has 8 nitrogen and oxygen atoms in total. The Morgan fingerprint density at radius 2 is 1.14 bits per heavy atom. The molecule has 1 unspecified atom stereocenters. The molecule has 3 N–H and O–H groups in total.